The predicted octanol–water partition coefficient (Wildman–Crippen LogP) is -2.77. The second kappa shape index (κ2) is 22.6. The molecule has 9 rings (SSSR count). The fraction of sp³-hybridized carbons (Fsp3) is 0.796. The van der Waals surface area contributed by atoms with Crippen molar-refractivity contribution in [2.75, 3.05) is 53.7 Å². The van der Waals surface area contributed by atoms with Crippen LogP contribution in [-0.2, 0) is 68.9 Å². The van der Waals surface area contributed by atoms with Gasteiger partial charge in [0.05, 0.1) is 43.9 Å². The molecule has 1 aromatic carbocycles. The summed E-state index contributed by atoms with van der Waals surface area (Å²) in [5.41, 5.74) is 5.76. The zero-order valence-electron chi connectivity index (χ0n) is 41.7. The summed E-state index contributed by atoms with van der Waals surface area (Å²) in [6, 6.07) is -0.811. The Morgan fingerprint density at radius 2 is 1.46 bits per heavy atom. The van der Waals surface area contributed by atoms with E-state index in [1.807, 2.05) is 6.07 Å². The van der Waals surface area contributed by atoms with E-state index in [0.717, 1.165) is 30.5 Å². The van der Waals surface area contributed by atoms with Crippen LogP contribution in [-0.4, -0.2) is 228 Å². The fourth-order valence-corrected chi connectivity index (χ4v) is 12.7. The summed E-state index contributed by atoms with van der Waals surface area (Å²) in [7, 11) is 2.57. The van der Waals surface area contributed by atoms with Crippen LogP contribution in [0.3, 0.4) is 0 Å². The first-order chi connectivity index (χ1) is 35.5. The number of amides is 2. The lowest BCUT2D eigenvalue weighted by Crippen LogP contribution is -2.77. The summed E-state index contributed by atoms with van der Waals surface area (Å²) in [5, 5.41) is 81.7. The average molecular weight is 1050 g/mol. The maximum absolute atomic E-state index is 13.8. The molecule has 5 aliphatic heterocycles. The van der Waals surface area contributed by atoms with Crippen molar-refractivity contribution in [3.8, 4) is 11.5 Å². The molecular formula is C49H72N4O21. The minimum atomic E-state index is -1.81. The topological polar surface area (TPSA) is 356 Å². The number of carbonyl (C=O) groups is 4. The van der Waals surface area contributed by atoms with Gasteiger partial charge in [0.1, 0.15) is 72.6 Å². The number of hydrogen-bond donors (Lipinski definition) is 10. The molecule has 11 N–H and O–H groups in total. The summed E-state index contributed by atoms with van der Waals surface area (Å²) in [5.74, 6) is -0.539. The Morgan fingerprint density at radius 1 is 0.824 bits per heavy atom. The molecule has 19 atom stereocenters. The van der Waals surface area contributed by atoms with Gasteiger partial charge in [0.15, 0.2) is 42.3 Å². The number of unbranched alkanes of at least 4 members (excludes halogenated alkanes) is 2. The molecule has 25 heteroatoms. The van der Waals surface area contributed by atoms with Crippen molar-refractivity contribution >= 4 is 23.8 Å². The molecule has 6 unspecified atom stereocenters. The Kier molecular flexibility index (Phi) is 16.8. The quantitative estimate of drug-likeness (QED) is 0.0467. The number of benzene rings is 1. The average Bonchev–Trinajstić information content (AvgIpc) is 4.21. The summed E-state index contributed by atoms with van der Waals surface area (Å²) in [4.78, 5) is 55.9. The molecular weight excluding hydrogens is 981 g/mol. The Hall–Kier alpha value is -3.90. The van der Waals surface area contributed by atoms with Gasteiger partial charge in [0.2, 0.25) is 11.8 Å². The smallest absolute Gasteiger partial charge is 0.504 e. The second-order valence-electron chi connectivity index (χ2n) is 20.9. The number of likely N-dealkylation sites (tertiary alicyclic amines) is 1. The van der Waals surface area contributed by atoms with E-state index in [1.54, 1.807) is 6.07 Å². The first kappa shape index (κ1) is 54.9. The molecule has 2 bridgehead atoms. The van der Waals surface area contributed by atoms with Crippen molar-refractivity contribution < 1.29 is 102 Å². The molecule has 25 nitrogen and oxygen atoms in total. The van der Waals surface area contributed by atoms with Gasteiger partial charge in [-0.3, -0.25) is 19.3 Å². The molecule has 3 aliphatic carbocycles. The Morgan fingerprint density at radius 3 is 2.09 bits per heavy atom. The van der Waals surface area contributed by atoms with E-state index in [0.29, 0.717) is 38.1 Å². The lowest BCUT2D eigenvalue weighted by molar-refractivity contribution is -0.352. The van der Waals surface area contributed by atoms with Gasteiger partial charge in [-0.05, 0) is 75.5 Å². The molecule has 0 radical (unpaired) electrons. The van der Waals surface area contributed by atoms with Crippen LogP contribution in [0.2, 0.25) is 0 Å². The van der Waals surface area contributed by atoms with Crippen LogP contribution >= 0.6 is 0 Å². The van der Waals surface area contributed by atoms with Gasteiger partial charge < -0.3 is 99.5 Å². The lowest BCUT2D eigenvalue weighted by Gasteiger charge is -2.63. The number of nitrogens with two attached hydrogens (primary N) is 1. The van der Waals surface area contributed by atoms with Crippen molar-refractivity contribution in [1.82, 2.24) is 15.5 Å². The number of phenolic OH excluding ortho intramolecular Hbond substituents is 1. The monoisotopic (exact) mass is 1050 g/mol. The molecule has 1 spiro atoms. The van der Waals surface area contributed by atoms with E-state index in [2.05, 4.69) is 15.5 Å². The molecule has 414 valence electrons. The SMILES string of the molecule is CO[C@@H]1OC(CO)[C@@H](O[C@@H]2OC(CO)[C@@H](O[C@@H]3OC(CO)[C@@H](OC)[C@H](O)C3NC(C)=O)[C@H](O)C2NC(=O)CCCCCOC(=O)O[C@@]23CCC(=O)[C@@H]4Oc5c(O)ccc6c5[C@@]42CCN(CC2CC2)[C@@H]3C6)[C@H](O)C1N. The van der Waals surface area contributed by atoms with E-state index in [-0.39, 0.29) is 55.6 Å². The van der Waals surface area contributed by atoms with Crippen LogP contribution in [0, 0.1) is 5.92 Å². The standard InChI is InChI=1S/C49H72N4O21/c1-22(57)51-34-37(62)40(65-2)27(19-54)69-45(34)73-42-29(21-56)70-46(72-41-28(20-55)68-44(66-3)33(50)36(41)61)35(38(42)63)52-31(60)7-5-4-6-16-67-47(64)74-49-13-12-26(59)43-48(49)14-15-53(18-23-8-9-23)30(49)17-24-10-11-25(58)39(71-43)32(24)48/h10-11,23,27-30,33-38,40-46,54-56,58,61-63H,4-9,12-21,50H2,1-3H3,(H,51,57)(H,52,60)/t27?,28?,29?,30-,33?,34?,35?,36-,37-,38-,40-,41-,42-,43+,44-,45+,46+,48+,49-/m1/s1. The molecule has 2 amide bonds. The number of phenols is 1. The highest BCUT2D eigenvalue weighted by molar-refractivity contribution is 5.90. The van der Waals surface area contributed by atoms with Gasteiger partial charge in [-0.1, -0.05) is 6.07 Å². The molecule has 2 saturated carbocycles. The third-order valence-electron chi connectivity index (χ3n) is 16.4. The summed E-state index contributed by atoms with van der Waals surface area (Å²) >= 11 is 0. The number of aromatic hydroxyl groups is 1. The minimum Gasteiger partial charge on any atom is -0.504 e. The maximum atomic E-state index is 13.8. The lowest BCUT2D eigenvalue weighted by atomic mass is 9.48. The number of nitrogens with zero attached hydrogens (tertiary/aromatic N) is 1. The number of carbonyl (C=O) groups excluding carboxylic acids is 4. The number of ether oxygens (including phenoxy) is 10. The maximum Gasteiger partial charge on any atom is 0.508 e. The van der Waals surface area contributed by atoms with Gasteiger partial charge in [0.25, 0.3) is 0 Å². The first-order valence-electron chi connectivity index (χ1n) is 25.7. The fourth-order valence-electron chi connectivity index (χ4n) is 12.7. The minimum absolute atomic E-state index is 0.0578. The van der Waals surface area contributed by atoms with E-state index in [4.69, 9.17) is 53.1 Å². The molecule has 74 heavy (non-hydrogen) atoms. The van der Waals surface area contributed by atoms with Crippen molar-refractivity contribution in [3.63, 3.8) is 0 Å². The van der Waals surface area contributed by atoms with Gasteiger partial charge >= 0.3 is 6.16 Å². The molecule has 4 saturated heterocycles. The van der Waals surface area contributed by atoms with E-state index in [9.17, 15) is 54.9 Å². The highest BCUT2D eigenvalue weighted by atomic mass is 16.8. The van der Waals surface area contributed by atoms with E-state index >= 15 is 0 Å². The largest absolute Gasteiger partial charge is 0.508 e. The summed E-state index contributed by atoms with van der Waals surface area (Å²) in [6.07, 6.45) is -14.4. The van der Waals surface area contributed by atoms with Crippen LogP contribution in [0.1, 0.15) is 75.8 Å². The number of aliphatic hydroxyl groups excluding tert-OH is 6. The number of nitrogens with one attached hydrogen (secondary N) is 2. The molecule has 6 fully saturated rings. The van der Waals surface area contributed by atoms with Crippen LogP contribution in [0.5, 0.6) is 11.5 Å². The van der Waals surface area contributed by atoms with Gasteiger partial charge in [-0.2, -0.15) is 0 Å². The Balaban J connectivity index is 0.856. The Bertz CT molecular complexity index is 2190. The van der Waals surface area contributed by atoms with Crippen molar-refractivity contribution in [3.05, 3.63) is 23.3 Å². The van der Waals surface area contributed by atoms with Gasteiger partial charge in [-0.15, -0.1) is 0 Å². The number of methoxy groups -OCH3 is 2. The summed E-state index contributed by atoms with van der Waals surface area (Å²) < 4.78 is 59.2. The highest BCUT2D eigenvalue weighted by Crippen LogP contribution is 2.66. The van der Waals surface area contributed by atoms with Crippen molar-refractivity contribution in [1.29, 1.82) is 0 Å². The van der Waals surface area contributed by atoms with Crippen LogP contribution < -0.4 is 21.1 Å². The predicted molar refractivity (Wildman–Crippen MR) is 249 cm³/mol. The number of hydrogen-bond acceptors (Lipinski definition) is 23. The normalized spacial score (nSPS) is 40.4. The number of aliphatic hydroxyl groups is 6. The van der Waals surface area contributed by atoms with Crippen molar-refractivity contribution in [2.24, 2.45) is 11.7 Å². The number of piperidine rings is 1. The molecule has 0 aromatic heterocycles. The van der Waals surface area contributed by atoms with Crippen LogP contribution in [0.25, 0.3) is 0 Å². The molecule has 5 heterocycles. The van der Waals surface area contributed by atoms with Crippen molar-refractivity contribution in [2.45, 2.75) is 186 Å². The molecule has 1 aromatic rings. The number of rotatable bonds is 20. The zero-order valence-corrected chi connectivity index (χ0v) is 41.7. The Labute approximate surface area is 427 Å². The second-order valence-corrected chi connectivity index (χ2v) is 20.9. The zero-order chi connectivity index (χ0) is 52.8. The first-order valence-corrected chi connectivity index (χ1v) is 25.7. The van der Waals surface area contributed by atoms with Crippen LogP contribution in [0.4, 0.5) is 4.79 Å². The summed E-state index contributed by atoms with van der Waals surface area (Å²) in [6.45, 7) is 0.504. The van der Waals surface area contributed by atoms with Gasteiger partial charge in [0, 0.05) is 46.1 Å². The van der Waals surface area contributed by atoms with Crippen LogP contribution in [0.15, 0.2) is 12.1 Å². The third-order valence-corrected chi connectivity index (χ3v) is 16.4. The highest BCUT2D eigenvalue weighted by Gasteiger charge is 2.76. The van der Waals surface area contributed by atoms with E-state index < -0.39 is 147 Å². The third kappa shape index (κ3) is 10.0. The number of ketones is 1. The van der Waals surface area contributed by atoms with E-state index in [1.165, 1.54) is 21.1 Å². The van der Waals surface area contributed by atoms with Gasteiger partial charge in [-0.25, -0.2) is 4.79 Å². The number of Topliss-reactive ketones (excluding diaryl/α,β-unsaturated/α-hetero) is 1. The molecule has 8 aliphatic rings.